The molecule has 0 saturated carbocycles. The van der Waals surface area contributed by atoms with Gasteiger partial charge in [0.25, 0.3) is 0 Å². The van der Waals surface area contributed by atoms with Crippen LogP contribution in [0.15, 0.2) is 42.5 Å². The average molecular weight is 359 g/mol. The van der Waals surface area contributed by atoms with Crippen molar-refractivity contribution in [2.75, 3.05) is 26.0 Å². The second kappa shape index (κ2) is 7.89. The third-order valence-corrected chi connectivity index (χ3v) is 4.93. The summed E-state index contributed by atoms with van der Waals surface area (Å²) in [5.74, 6) is 0.523. The summed E-state index contributed by atoms with van der Waals surface area (Å²) >= 11 is 6.02. The van der Waals surface area contributed by atoms with E-state index in [0.717, 1.165) is 19.3 Å². The van der Waals surface area contributed by atoms with Crippen LogP contribution >= 0.6 is 11.6 Å². The molecule has 0 bridgehead atoms. The molecule has 1 aliphatic rings. The molecule has 1 aliphatic carbocycles. The van der Waals surface area contributed by atoms with Gasteiger partial charge in [0, 0.05) is 11.1 Å². The summed E-state index contributed by atoms with van der Waals surface area (Å²) < 4.78 is 5.28. The van der Waals surface area contributed by atoms with Crippen LogP contribution in [-0.4, -0.2) is 31.5 Å². The number of fused-ring (bicyclic) bond motifs is 1. The van der Waals surface area contributed by atoms with Gasteiger partial charge >= 0.3 is 0 Å². The fourth-order valence-corrected chi connectivity index (χ4v) is 3.66. The van der Waals surface area contributed by atoms with Crippen LogP contribution in [-0.2, 0) is 11.2 Å². The molecule has 0 spiro atoms. The summed E-state index contributed by atoms with van der Waals surface area (Å²) in [5, 5.41) is 3.47. The lowest BCUT2D eigenvalue weighted by molar-refractivity contribution is -0.117. The minimum absolute atomic E-state index is 0.0777. The molecule has 5 heteroatoms. The number of ether oxygens (including phenoxy) is 1. The number of hydrogen-bond donors (Lipinski definition) is 1. The van der Waals surface area contributed by atoms with Gasteiger partial charge in [0.2, 0.25) is 5.91 Å². The maximum Gasteiger partial charge on any atom is 0.238 e. The fourth-order valence-electron chi connectivity index (χ4n) is 3.49. The normalized spacial score (nSPS) is 16.4. The first-order chi connectivity index (χ1) is 12.1. The molecule has 0 aliphatic heterocycles. The van der Waals surface area contributed by atoms with Gasteiger partial charge in [-0.05, 0) is 55.6 Å². The van der Waals surface area contributed by atoms with Gasteiger partial charge in [-0.25, -0.2) is 0 Å². The zero-order chi connectivity index (χ0) is 17.8. The lowest BCUT2D eigenvalue weighted by Gasteiger charge is -2.32. The predicted molar refractivity (Wildman–Crippen MR) is 101 cm³/mol. The number of methoxy groups -OCH3 is 1. The van der Waals surface area contributed by atoms with E-state index < -0.39 is 0 Å². The molecule has 0 saturated heterocycles. The molecule has 1 N–H and O–H groups in total. The number of hydrogen-bond acceptors (Lipinski definition) is 3. The highest BCUT2D eigenvalue weighted by Gasteiger charge is 2.24. The molecule has 132 valence electrons. The van der Waals surface area contributed by atoms with E-state index in [-0.39, 0.29) is 11.9 Å². The molecular weight excluding hydrogens is 336 g/mol. The molecule has 25 heavy (non-hydrogen) atoms. The molecule has 2 aromatic carbocycles. The second-order valence-electron chi connectivity index (χ2n) is 6.41. The van der Waals surface area contributed by atoms with E-state index in [1.165, 1.54) is 11.1 Å². The molecular formula is C20H23ClN2O2. The lowest BCUT2D eigenvalue weighted by Crippen LogP contribution is -2.35. The molecule has 1 atom stereocenters. The van der Waals surface area contributed by atoms with Crippen LogP contribution in [0.5, 0.6) is 5.75 Å². The van der Waals surface area contributed by atoms with Gasteiger partial charge in [-0.15, -0.1) is 0 Å². The molecule has 4 nitrogen and oxygen atoms in total. The van der Waals surface area contributed by atoms with Gasteiger partial charge < -0.3 is 10.1 Å². The molecule has 0 heterocycles. The van der Waals surface area contributed by atoms with E-state index >= 15 is 0 Å². The standard InChI is InChI=1S/C20H23ClN2O2/c1-23(18-9-5-7-14-6-3-4-8-16(14)18)13-20(24)22-17-12-15(21)10-11-19(17)25-2/h3-4,6,8,10-12,18H,5,7,9,13H2,1-2H3,(H,22,24)/t18-/m0/s1. The van der Waals surface area contributed by atoms with Crippen molar-refractivity contribution in [3.63, 3.8) is 0 Å². The first-order valence-corrected chi connectivity index (χ1v) is 8.87. The Bertz CT molecular complexity index is 763. The third-order valence-electron chi connectivity index (χ3n) is 4.70. The van der Waals surface area contributed by atoms with Crippen LogP contribution < -0.4 is 10.1 Å². The number of nitrogens with zero attached hydrogens (tertiary/aromatic N) is 1. The van der Waals surface area contributed by atoms with Crippen molar-refractivity contribution in [3.8, 4) is 5.75 Å². The van der Waals surface area contributed by atoms with Crippen molar-refractivity contribution in [1.29, 1.82) is 0 Å². The minimum Gasteiger partial charge on any atom is -0.495 e. The minimum atomic E-state index is -0.0777. The summed E-state index contributed by atoms with van der Waals surface area (Å²) in [4.78, 5) is 14.6. The van der Waals surface area contributed by atoms with Crippen molar-refractivity contribution in [3.05, 3.63) is 58.6 Å². The number of nitrogens with one attached hydrogen (secondary N) is 1. The van der Waals surface area contributed by atoms with Gasteiger partial charge in [-0.1, -0.05) is 35.9 Å². The van der Waals surface area contributed by atoms with E-state index in [4.69, 9.17) is 16.3 Å². The quantitative estimate of drug-likeness (QED) is 0.866. The van der Waals surface area contributed by atoms with Crippen LogP contribution in [0.25, 0.3) is 0 Å². The second-order valence-corrected chi connectivity index (χ2v) is 6.85. The van der Waals surface area contributed by atoms with Crippen LogP contribution in [0.4, 0.5) is 5.69 Å². The maximum atomic E-state index is 12.5. The average Bonchev–Trinajstić information content (AvgIpc) is 2.61. The van der Waals surface area contributed by atoms with E-state index in [9.17, 15) is 4.79 Å². The van der Waals surface area contributed by atoms with E-state index in [0.29, 0.717) is 23.0 Å². The van der Waals surface area contributed by atoms with Crippen molar-refractivity contribution in [1.82, 2.24) is 4.90 Å². The summed E-state index contributed by atoms with van der Waals surface area (Å²) in [7, 11) is 3.57. The molecule has 0 fully saturated rings. The van der Waals surface area contributed by atoms with Crippen LogP contribution in [0, 0.1) is 0 Å². The molecule has 0 aromatic heterocycles. The Hall–Kier alpha value is -2.04. The SMILES string of the molecule is COc1ccc(Cl)cc1NC(=O)CN(C)[C@H]1CCCc2ccccc21. The van der Waals surface area contributed by atoms with Gasteiger partial charge in [-0.3, -0.25) is 9.69 Å². The summed E-state index contributed by atoms with van der Waals surface area (Å²) in [6.45, 7) is 0.314. The smallest absolute Gasteiger partial charge is 0.238 e. The topological polar surface area (TPSA) is 41.6 Å². The number of amides is 1. The largest absolute Gasteiger partial charge is 0.495 e. The highest BCUT2D eigenvalue weighted by atomic mass is 35.5. The number of benzene rings is 2. The summed E-state index contributed by atoms with van der Waals surface area (Å²) in [6.07, 6.45) is 3.34. The van der Waals surface area contributed by atoms with Gasteiger partial charge in [0.05, 0.1) is 19.3 Å². The molecule has 0 unspecified atom stereocenters. The Labute approximate surface area is 153 Å². The van der Waals surface area contributed by atoms with Crippen molar-refractivity contribution in [2.45, 2.75) is 25.3 Å². The molecule has 2 aromatic rings. The number of likely N-dealkylation sites (N-methyl/N-ethyl adjacent to an activating group) is 1. The van der Waals surface area contributed by atoms with E-state index in [1.807, 2.05) is 7.05 Å². The zero-order valence-electron chi connectivity index (χ0n) is 14.6. The fraction of sp³-hybridized carbons (Fsp3) is 0.350. The predicted octanol–water partition coefficient (Wildman–Crippen LogP) is 4.30. The number of aryl methyl sites for hydroxylation is 1. The van der Waals surface area contributed by atoms with Crippen LogP contribution in [0.2, 0.25) is 5.02 Å². The Morgan fingerprint density at radius 1 is 1.32 bits per heavy atom. The zero-order valence-corrected chi connectivity index (χ0v) is 15.3. The number of anilines is 1. The van der Waals surface area contributed by atoms with E-state index in [1.54, 1.807) is 25.3 Å². The Morgan fingerprint density at radius 2 is 2.12 bits per heavy atom. The number of halogens is 1. The highest BCUT2D eigenvalue weighted by molar-refractivity contribution is 6.31. The highest BCUT2D eigenvalue weighted by Crippen LogP contribution is 2.33. The molecule has 3 rings (SSSR count). The van der Waals surface area contributed by atoms with Crippen LogP contribution in [0.3, 0.4) is 0 Å². The Balaban J connectivity index is 1.69. The van der Waals surface area contributed by atoms with Gasteiger partial charge in [0.15, 0.2) is 0 Å². The summed E-state index contributed by atoms with van der Waals surface area (Å²) in [6, 6.07) is 14.0. The van der Waals surface area contributed by atoms with Crippen molar-refractivity contribution < 1.29 is 9.53 Å². The van der Waals surface area contributed by atoms with Crippen molar-refractivity contribution >= 4 is 23.2 Å². The first-order valence-electron chi connectivity index (χ1n) is 8.50. The van der Waals surface area contributed by atoms with E-state index in [2.05, 4.69) is 34.5 Å². The molecule has 0 radical (unpaired) electrons. The lowest BCUT2D eigenvalue weighted by atomic mass is 9.87. The van der Waals surface area contributed by atoms with Crippen LogP contribution in [0.1, 0.15) is 30.0 Å². The first kappa shape index (κ1) is 17.8. The number of carbonyl (C=O) groups is 1. The molecule has 1 amide bonds. The Kier molecular flexibility index (Phi) is 5.61. The third kappa shape index (κ3) is 4.14. The van der Waals surface area contributed by atoms with Gasteiger partial charge in [-0.2, -0.15) is 0 Å². The van der Waals surface area contributed by atoms with Gasteiger partial charge in [0.1, 0.15) is 5.75 Å². The monoisotopic (exact) mass is 358 g/mol. The summed E-state index contributed by atoms with van der Waals surface area (Å²) in [5.41, 5.74) is 3.32. The number of rotatable bonds is 5. The maximum absolute atomic E-state index is 12.5. The number of carbonyl (C=O) groups excluding carboxylic acids is 1. The van der Waals surface area contributed by atoms with Crippen molar-refractivity contribution in [2.24, 2.45) is 0 Å². The Morgan fingerprint density at radius 3 is 2.92 bits per heavy atom.